The van der Waals surface area contributed by atoms with Crippen LogP contribution in [0, 0.1) is 50.2 Å². The molecule has 0 bridgehead atoms. The minimum Gasteiger partial charge on any atom is -0.467 e. The van der Waals surface area contributed by atoms with Gasteiger partial charge in [0.1, 0.15) is 67.1 Å². The lowest BCUT2D eigenvalue weighted by Crippen LogP contribution is -2.68. The molecule has 2 unspecified atom stereocenters. The van der Waals surface area contributed by atoms with Crippen LogP contribution in [0.2, 0.25) is 0 Å². The molecule has 19 heteroatoms. The second-order valence-corrected chi connectivity index (χ2v) is 23.8. The van der Waals surface area contributed by atoms with Crippen molar-refractivity contribution in [1.82, 2.24) is 0 Å². The van der Waals surface area contributed by atoms with Crippen molar-refractivity contribution in [3.8, 4) is 0 Å². The van der Waals surface area contributed by atoms with Gasteiger partial charge >= 0.3 is 5.97 Å². The van der Waals surface area contributed by atoms with Crippen LogP contribution < -0.4 is 0 Å². The summed E-state index contributed by atoms with van der Waals surface area (Å²) in [7, 11) is 1.08. The first-order valence-electron chi connectivity index (χ1n) is 24.8. The number of carbonyl (C=O) groups excluding carboxylic acids is 1. The van der Waals surface area contributed by atoms with Crippen LogP contribution in [-0.2, 0) is 38.0 Å². The summed E-state index contributed by atoms with van der Waals surface area (Å²) in [5.74, 6) is -0.580. The van der Waals surface area contributed by atoms with Gasteiger partial charge in [0.2, 0.25) is 0 Å². The molecular weight excluding hydrogens is 893 g/mol. The quantitative estimate of drug-likeness (QED) is 0.0765. The van der Waals surface area contributed by atoms with Gasteiger partial charge < -0.3 is 89.3 Å². The van der Waals surface area contributed by atoms with Gasteiger partial charge in [0.25, 0.3) is 0 Å². The number of ether oxygens (including phenoxy) is 7. The zero-order chi connectivity index (χ0) is 49.8. The van der Waals surface area contributed by atoms with Crippen molar-refractivity contribution in [3.05, 3.63) is 11.6 Å². The molecule has 0 aromatic heterocycles. The third-order valence-electron chi connectivity index (χ3n) is 19.7. The van der Waals surface area contributed by atoms with Crippen molar-refractivity contribution in [2.24, 2.45) is 50.2 Å². The fourth-order valence-corrected chi connectivity index (χ4v) is 15.3. The highest BCUT2D eigenvalue weighted by Crippen LogP contribution is 2.76. The SMILES string of the molecule is COC(=O)[C@H]1O[C@@H](O[C@H]2CC[C@@]3(C)C(CC[C@]4(C)[C@@H]3CC=C3C5CC(C)(C)C[C@@H](O)[C@]5(C)CC[C@]34C)[C@@]2(C)CO)[C@H](O[C@@H]2O[C@H](CO)[C@@H](O)[C@H](O)[C@H]2O[C@@H]2O[C@H](CO)[C@@H](O)[C@H](O)[C@H]2O)[C@@H](O)[C@@H]1O. The van der Waals surface area contributed by atoms with Gasteiger partial charge in [-0.25, -0.2) is 4.79 Å². The van der Waals surface area contributed by atoms with E-state index >= 15 is 0 Å². The summed E-state index contributed by atoms with van der Waals surface area (Å²) in [4.78, 5) is 13.1. The minimum absolute atomic E-state index is 0.0149. The second-order valence-electron chi connectivity index (χ2n) is 23.8. The smallest absolute Gasteiger partial charge is 0.337 e. The fourth-order valence-electron chi connectivity index (χ4n) is 15.3. The Balaban J connectivity index is 1.08. The molecule has 19 nitrogen and oxygen atoms in total. The van der Waals surface area contributed by atoms with E-state index in [-0.39, 0.29) is 57.5 Å². The summed E-state index contributed by atoms with van der Waals surface area (Å²) in [6, 6.07) is 0. The van der Waals surface area contributed by atoms with E-state index in [0.29, 0.717) is 12.8 Å². The van der Waals surface area contributed by atoms with Gasteiger partial charge in [0, 0.05) is 10.8 Å². The van der Waals surface area contributed by atoms with E-state index in [1.165, 1.54) is 5.57 Å². The van der Waals surface area contributed by atoms with E-state index in [1.807, 2.05) is 6.92 Å². The van der Waals surface area contributed by atoms with Crippen molar-refractivity contribution in [2.45, 2.75) is 211 Å². The number of esters is 1. The molecule has 11 N–H and O–H groups in total. The zero-order valence-electron chi connectivity index (χ0n) is 40.8. The lowest BCUT2D eigenvalue weighted by molar-refractivity contribution is -0.397. The average Bonchev–Trinajstić information content (AvgIpc) is 3.29. The maximum absolute atomic E-state index is 13.1. The Morgan fingerprint density at radius 2 is 1.22 bits per heavy atom. The molecule has 3 saturated heterocycles. The molecule has 3 heterocycles. The normalized spacial score (nSPS) is 54.6. The van der Waals surface area contributed by atoms with Crippen LogP contribution >= 0.6 is 0 Å². The largest absolute Gasteiger partial charge is 0.467 e. The summed E-state index contributed by atoms with van der Waals surface area (Å²) >= 11 is 0. The van der Waals surface area contributed by atoms with E-state index in [9.17, 15) is 61.0 Å². The lowest BCUT2D eigenvalue weighted by atomic mass is 9.33. The molecule has 8 aliphatic rings. The fraction of sp³-hybridized carbons (Fsp3) is 0.939. The van der Waals surface area contributed by atoms with Crippen LogP contribution in [0.15, 0.2) is 11.6 Å². The van der Waals surface area contributed by atoms with Gasteiger partial charge in [-0.3, -0.25) is 0 Å². The van der Waals surface area contributed by atoms with Gasteiger partial charge in [0.15, 0.2) is 25.0 Å². The van der Waals surface area contributed by atoms with E-state index in [2.05, 4.69) is 47.6 Å². The van der Waals surface area contributed by atoms with Crippen LogP contribution in [0.4, 0.5) is 0 Å². The molecule has 7 fully saturated rings. The number of rotatable bonds is 10. The first-order valence-corrected chi connectivity index (χ1v) is 24.8. The van der Waals surface area contributed by atoms with Crippen molar-refractivity contribution < 1.29 is 94.1 Å². The monoisotopic (exact) mass is 973 g/mol. The number of allylic oxidation sites excluding steroid dienone is 2. The number of methoxy groups -OCH3 is 1. The molecule has 5 aliphatic carbocycles. The molecule has 4 saturated carbocycles. The van der Waals surface area contributed by atoms with Crippen LogP contribution in [0.1, 0.15) is 106 Å². The van der Waals surface area contributed by atoms with Gasteiger partial charge in [-0.15, -0.1) is 0 Å². The van der Waals surface area contributed by atoms with E-state index in [1.54, 1.807) is 0 Å². The number of hydrogen-bond acceptors (Lipinski definition) is 19. The predicted octanol–water partition coefficient (Wildman–Crippen LogP) is -0.235. The van der Waals surface area contributed by atoms with E-state index in [0.717, 1.165) is 52.1 Å². The third-order valence-corrected chi connectivity index (χ3v) is 19.7. The van der Waals surface area contributed by atoms with Gasteiger partial charge in [-0.05, 0) is 97.2 Å². The Morgan fingerprint density at radius 1 is 0.632 bits per heavy atom. The van der Waals surface area contributed by atoms with Crippen molar-refractivity contribution >= 4 is 5.97 Å². The predicted molar refractivity (Wildman–Crippen MR) is 236 cm³/mol. The first kappa shape index (κ1) is 52.8. The van der Waals surface area contributed by atoms with Crippen LogP contribution in [-0.4, -0.2) is 193 Å². The number of aliphatic hydroxyl groups excluding tert-OH is 11. The molecule has 0 radical (unpaired) electrons. The molecule has 8 rings (SSSR count). The maximum atomic E-state index is 13.1. The molecule has 0 aromatic carbocycles. The molecule has 25 atom stereocenters. The number of fused-ring (bicyclic) bond motifs is 7. The minimum atomic E-state index is -1.98. The van der Waals surface area contributed by atoms with Gasteiger partial charge in [-0.2, -0.15) is 0 Å². The number of aliphatic hydroxyl groups is 11. The van der Waals surface area contributed by atoms with Crippen molar-refractivity contribution in [3.63, 3.8) is 0 Å². The van der Waals surface area contributed by atoms with Crippen LogP contribution in [0.25, 0.3) is 0 Å². The molecule has 0 spiro atoms. The Hall–Kier alpha value is -1.47. The summed E-state index contributed by atoms with van der Waals surface area (Å²) in [6.45, 7) is 14.1. The van der Waals surface area contributed by atoms with E-state index < -0.39 is 123 Å². The number of hydrogen-bond donors (Lipinski definition) is 11. The van der Waals surface area contributed by atoms with Crippen LogP contribution in [0.3, 0.4) is 0 Å². The Kier molecular flexibility index (Phi) is 14.6. The molecule has 390 valence electrons. The van der Waals surface area contributed by atoms with Gasteiger partial charge in [-0.1, -0.05) is 60.1 Å². The Morgan fingerprint density at radius 3 is 1.84 bits per heavy atom. The molecule has 0 aromatic rings. The summed E-state index contributed by atoms with van der Waals surface area (Å²) < 4.78 is 41.4. The summed E-state index contributed by atoms with van der Waals surface area (Å²) in [6.07, 6.45) is -18.3. The lowest BCUT2D eigenvalue weighted by Gasteiger charge is -2.72. The molecule has 68 heavy (non-hydrogen) atoms. The van der Waals surface area contributed by atoms with Crippen LogP contribution in [0.5, 0.6) is 0 Å². The highest BCUT2D eigenvalue weighted by Gasteiger charge is 2.70. The van der Waals surface area contributed by atoms with E-state index in [4.69, 9.17) is 33.2 Å². The number of carbonyl (C=O) groups is 1. The average molecular weight is 973 g/mol. The standard InChI is InChI=1S/C49H80O19/c1-44(2)17-23-22-9-10-27-46(4)13-12-29(47(5,21-52)26(46)11-14-49(27,7)48(22,6)16-15-45(23,3)28(53)18-44)65-43-39(35(59)34(58)37(66-43)40(61)62-8)68-42-38(33(57)31(55)25(20-51)64-42)67-41-36(60)32(56)30(54)24(19-50)63-41/h9,23-39,41-43,50-60H,10-21H2,1-8H3/t23?,24-,25-,26?,27-,28-,29+,30-,31-,32+,33+,34+,35+,36-,37+,38-,39-,41+,42+,43-,45-,46+,47-,48-,49-/m1/s1. The zero-order valence-corrected chi connectivity index (χ0v) is 40.8. The highest BCUT2D eigenvalue weighted by atomic mass is 16.8. The molecule has 3 aliphatic heterocycles. The van der Waals surface area contributed by atoms with Crippen molar-refractivity contribution in [1.29, 1.82) is 0 Å². The summed E-state index contributed by atoms with van der Waals surface area (Å²) in [5, 5.41) is 120. The first-order chi connectivity index (χ1) is 31.8. The van der Waals surface area contributed by atoms with Gasteiger partial charge in [0.05, 0.1) is 39.1 Å². The molecule has 0 amide bonds. The second kappa shape index (κ2) is 18.8. The summed E-state index contributed by atoms with van der Waals surface area (Å²) in [5.41, 5.74) is -0.0454. The van der Waals surface area contributed by atoms with Crippen molar-refractivity contribution in [2.75, 3.05) is 26.9 Å². The highest BCUT2D eigenvalue weighted by molar-refractivity contribution is 5.75. The third kappa shape index (κ3) is 8.17. The Labute approximate surface area is 398 Å². The Bertz CT molecular complexity index is 1850. The topological polar surface area (TPSA) is 304 Å². The maximum Gasteiger partial charge on any atom is 0.337 e. The molecular formula is C49H80O19.